The minimum atomic E-state index is -0.855. The molecule has 1 fully saturated rings. The molecular weight excluding hydrogens is 223 g/mol. The van der Waals surface area contributed by atoms with Crippen LogP contribution in [0.25, 0.3) is 0 Å². The Balaban J connectivity index is 2.28. The van der Waals surface area contributed by atoms with Crippen LogP contribution >= 0.6 is 0 Å². The lowest BCUT2D eigenvalue weighted by molar-refractivity contribution is -0.0663. The number of methoxy groups -OCH3 is 1. The summed E-state index contributed by atoms with van der Waals surface area (Å²) in [6.07, 6.45) is 1.03. The van der Waals surface area contributed by atoms with Gasteiger partial charge < -0.3 is 9.47 Å². The molecule has 1 aliphatic heterocycles. The van der Waals surface area contributed by atoms with Crippen LogP contribution in [0.15, 0.2) is 24.3 Å². The number of ketones is 1. The number of Topliss-reactive ketones (excluding diaryl/α,β-unsaturated/α-hetero) is 1. The van der Waals surface area contributed by atoms with Crippen LogP contribution < -0.4 is 0 Å². The zero-order valence-electron chi connectivity index (χ0n) is 9.74. The van der Waals surface area contributed by atoms with Gasteiger partial charge in [-0.05, 0) is 12.1 Å². The average molecular weight is 238 g/mol. The normalized spacial score (nSPS) is 18.9. The second-order valence-corrected chi connectivity index (χ2v) is 4.15. The van der Waals surface area contributed by atoms with Crippen molar-refractivity contribution in [2.45, 2.75) is 18.4 Å². The van der Waals surface area contributed by atoms with Crippen molar-refractivity contribution in [3.05, 3.63) is 35.6 Å². The number of halogens is 1. The highest BCUT2D eigenvalue weighted by Gasteiger charge is 2.40. The molecule has 3 nitrogen and oxygen atoms in total. The number of hydrogen-bond donors (Lipinski definition) is 0. The summed E-state index contributed by atoms with van der Waals surface area (Å²) < 4.78 is 23.7. The smallest absolute Gasteiger partial charge is 0.194 e. The number of hydrogen-bond acceptors (Lipinski definition) is 3. The van der Waals surface area contributed by atoms with Crippen LogP contribution in [0.1, 0.15) is 23.2 Å². The molecule has 1 aliphatic rings. The third-order valence-corrected chi connectivity index (χ3v) is 3.19. The topological polar surface area (TPSA) is 35.5 Å². The predicted molar refractivity (Wildman–Crippen MR) is 60.5 cm³/mol. The fourth-order valence-electron chi connectivity index (χ4n) is 2.12. The minimum Gasteiger partial charge on any atom is -0.381 e. The van der Waals surface area contributed by atoms with E-state index >= 15 is 0 Å². The summed E-state index contributed by atoms with van der Waals surface area (Å²) in [5, 5.41) is 0. The number of carbonyl (C=O) groups is 1. The summed E-state index contributed by atoms with van der Waals surface area (Å²) in [7, 11) is 1.52. The fourth-order valence-corrected chi connectivity index (χ4v) is 2.12. The van der Waals surface area contributed by atoms with Gasteiger partial charge in [-0.15, -0.1) is 0 Å². The Kier molecular flexibility index (Phi) is 3.54. The first-order valence-corrected chi connectivity index (χ1v) is 5.61. The highest BCUT2D eigenvalue weighted by atomic mass is 19.1. The fraction of sp³-hybridized carbons (Fsp3) is 0.462. The second kappa shape index (κ2) is 4.94. The van der Waals surface area contributed by atoms with Crippen LogP contribution in [0.5, 0.6) is 0 Å². The molecular formula is C13H15FO3. The molecule has 4 heteroatoms. The molecule has 0 atom stereocenters. The maximum atomic E-state index is 13.1. The van der Waals surface area contributed by atoms with Crippen molar-refractivity contribution in [1.82, 2.24) is 0 Å². The van der Waals surface area contributed by atoms with Crippen molar-refractivity contribution < 1.29 is 18.7 Å². The molecule has 0 unspecified atom stereocenters. The van der Waals surface area contributed by atoms with E-state index in [0.717, 1.165) is 0 Å². The molecule has 0 N–H and O–H groups in total. The van der Waals surface area contributed by atoms with Crippen LogP contribution in [0, 0.1) is 5.82 Å². The molecule has 92 valence electrons. The summed E-state index contributed by atoms with van der Waals surface area (Å²) in [5.74, 6) is -0.572. The van der Waals surface area contributed by atoms with Crippen LogP contribution in [-0.4, -0.2) is 31.7 Å². The molecule has 0 spiro atoms. The van der Waals surface area contributed by atoms with Crippen molar-refractivity contribution >= 4 is 5.78 Å². The molecule has 0 amide bonds. The van der Waals surface area contributed by atoms with Gasteiger partial charge in [0.05, 0.1) is 0 Å². The van der Waals surface area contributed by atoms with Crippen molar-refractivity contribution in [2.24, 2.45) is 0 Å². The van der Waals surface area contributed by atoms with E-state index in [4.69, 9.17) is 9.47 Å². The molecule has 0 saturated carbocycles. The Morgan fingerprint density at radius 1 is 1.41 bits per heavy atom. The van der Waals surface area contributed by atoms with Gasteiger partial charge in [0, 0.05) is 38.7 Å². The number of benzene rings is 1. The first-order valence-electron chi connectivity index (χ1n) is 5.61. The van der Waals surface area contributed by atoms with Gasteiger partial charge >= 0.3 is 0 Å². The zero-order chi connectivity index (χ0) is 12.3. The van der Waals surface area contributed by atoms with Crippen molar-refractivity contribution in [3.8, 4) is 0 Å². The molecule has 17 heavy (non-hydrogen) atoms. The van der Waals surface area contributed by atoms with E-state index in [0.29, 0.717) is 31.6 Å². The SMILES string of the molecule is COC1(C(=O)c2cccc(F)c2)CCOCC1. The van der Waals surface area contributed by atoms with E-state index in [9.17, 15) is 9.18 Å². The maximum Gasteiger partial charge on any atom is 0.194 e. The van der Waals surface area contributed by atoms with Crippen molar-refractivity contribution in [3.63, 3.8) is 0 Å². The van der Waals surface area contributed by atoms with Crippen molar-refractivity contribution in [2.75, 3.05) is 20.3 Å². The molecule has 1 saturated heterocycles. The van der Waals surface area contributed by atoms with E-state index in [1.54, 1.807) is 6.07 Å². The van der Waals surface area contributed by atoms with Gasteiger partial charge in [0.2, 0.25) is 0 Å². The molecule has 1 heterocycles. The number of rotatable bonds is 3. The largest absolute Gasteiger partial charge is 0.381 e. The van der Waals surface area contributed by atoms with E-state index in [1.807, 2.05) is 0 Å². The molecule has 0 aliphatic carbocycles. The Hall–Kier alpha value is -1.26. The zero-order valence-corrected chi connectivity index (χ0v) is 9.74. The van der Waals surface area contributed by atoms with Crippen LogP contribution in [0.3, 0.4) is 0 Å². The molecule has 1 aromatic carbocycles. The summed E-state index contributed by atoms with van der Waals surface area (Å²) in [6.45, 7) is 0.990. The van der Waals surface area contributed by atoms with Gasteiger partial charge in [0.25, 0.3) is 0 Å². The predicted octanol–water partition coefficient (Wildman–Crippen LogP) is 2.20. The van der Waals surface area contributed by atoms with Gasteiger partial charge in [-0.3, -0.25) is 4.79 Å². The van der Waals surface area contributed by atoms with Gasteiger partial charge in [-0.25, -0.2) is 4.39 Å². The quantitative estimate of drug-likeness (QED) is 0.757. The van der Waals surface area contributed by atoms with E-state index in [-0.39, 0.29) is 5.78 Å². The van der Waals surface area contributed by atoms with Crippen LogP contribution in [-0.2, 0) is 9.47 Å². The second-order valence-electron chi connectivity index (χ2n) is 4.15. The minimum absolute atomic E-state index is 0.164. The van der Waals surface area contributed by atoms with Gasteiger partial charge in [0.1, 0.15) is 11.4 Å². The lowest BCUT2D eigenvalue weighted by atomic mass is 9.85. The van der Waals surface area contributed by atoms with E-state index in [2.05, 4.69) is 0 Å². The first kappa shape index (κ1) is 12.2. The highest BCUT2D eigenvalue weighted by Crippen LogP contribution is 2.28. The summed E-state index contributed by atoms with van der Waals surface area (Å²) >= 11 is 0. The first-order chi connectivity index (χ1) is 8.18. The Bertz CT molecular complexity index is 411. The standard InChI is InChI=1S/C13H15FO3/c1-16-13(5-7-17-8-6-13)12(15)10-3-2-4-11(14)9-10/h2-4,9H,5-8H2,1H3. The maximum absolute atomic E-state index is 13.1. The summed E-state index contributed by atoms with van der Waals surface area (Å²) in [6, 6.07) is 5.71. The van der Waals surface area contributed by atoms with Crippen LogP contribution in [0.2, 0.25) is 0 Å². The monoisotopic (exact) mass is 238 g/mol. The Morgan fingerprint density at radius 2 is 2.12 bits per heavy atom. The average Bonchev–Trinajstić information content (AvgIpc) is 2.38. The molecule has 0 aromatic heterocycles. The lowest BCUT2D eigenvalue weighted by Gasteiger charge is -2.34. The third-order valence-electron chi connectivity index (χ3n) is 3.19. The molecule has 1 aromatic rings. The van der Waals surface area contributed by atoms with Crippen LogP contribution in [0.4, 0.5) is 4.39 Å². The van der Waals surface area contributed by atoms with Crippen molar-refractivity contribution in [1.29, 1.82) is 0 Å². The van der Waals surface area contributed by atoms with Gasteiger partial charge in [-0.1, -0.05) is 12.1 Å². The lowest BCUT2D eigenvalue weighted by Crippen LogP contribution is -2.45. The highest BCUT2D eigenvalue weighted by molar-refractivity contribution is 6.02. The van der Waals surface area contributed by atoms with E-state index in [1.165, 1.54) is 25.3 Å². The number of carbonyl (C=O) groups excluding carboxylic acids is 1. The molecule has 0 radical (unpaired) electrons. The molecule has 2 rings (SSSR count). The summed E-state index contributed by atoms with van der Waals surface area (Å²) in [5.41, 5.74) is -0.500. The number of ether oxygens (including phenoxy) is 2. The van der Waals surface area contributed by atoms with Gasteiger partial charge in [0.15, 0.2) is 5.78 Å². The Morgan fingerprint density at radius 3 is 2.71 bits per heavy atom. The summed E-state index contributed by atoms with van der Waals surface area (Å²) in [4.78, 5) is 12.4. The molecule has 0 bridgehead atoms. The Labute approximate surface area is 99.5 Å². The van der Waals surface area contributed by atoms with E-state index < -0.39 is 11.4 Å². The van der Waals surface area contributed by atoms with Gasteiger partial charge in [-0.2, -0.15) is 0 Å². The third kappa shape index (κ3) is 2.37.